The monoisotopic (exact) mass is 517 g/mol. The Morgan fingerprint density at radius 1 is 1.18 bits per heavy atom. The molecule has 15 heteroatoms. The first-order valence-electron chi connectivity index (χ1n) is 9.77. The SMILES string of the molecule is Cn1c(=O)c(-c2c(F)ccc(NS(=O)(=O)N3CC[C@@H](F)C3)c2F)cc2cnc(S(C)(=O)=O)nc21. The van der Waals surface area contributed by atoms with Crippen LogP contribution in [0.3, 0.4) is 0 Å². The Kier molecular flexibility index (Phi) is 5.90. The summed E-state index contributed by atoms with van der Waals surface area (Å²) < 4.78 is 95.6. The summed E-state index contributed by atoms with van der Waals surface area (Å²) in [5.41, 5.74) is -2.91. The van der Waals surface area contributed by atoms with Crippen molar-refractivity contribution in [1.29, 1.82) is 0 Å². The lowest BCUT2D eigenvalue weighted by Crippen LogP contribution is -2.34. The molecule has 1 aliphatic rings. The molecule has 3 aromatic rings. The fourth-order valence-corrected chi connectivity index (χ4v) is 5.34. The molecule has 1 saturated heterocycles. The lowest BCUT2D eigenvalue weighted by atomic mass is 10.0. The van der Waals surface area contributed by atoms with Gasteiger partial charge in [0.05, 0.1) is 16.8 Å². The van der Waals surface area contributed by atoms with Crippen LogP contribution < -0.4 is 10.3 Å². The molecule has 0 aliphatic carbocycles. The molecule has 0 bridgehead atoms. The van der Waals surface area contributed by atoms with Crippen molar-refractivity contribution in [3.8, 4) is 11.1 Å². The minimum absolute atomic E-state index is 0.00565. The summed E-state index contributed by atoms with van der Waals surface area (Å²) in [5.74, 6) is -2.50. The molecule has 10 nitrogen and oxygen atoms in total. The van der Waals surface area contributed by atoms with Crippen LogP contribution in [0.2, 0.25) is 0 Å². The van der Waals surface area contributed by atoms with E-state index >= 15 is 4.39 Å². The smallest absolute Gasteiger partial charge is 0.295 e. The standard InChI is InChI=1S/C19H18F3N5O5S2/c1-26-17-10(8-23-19(24-17)33(2,29)30)7-12(18(26)28)15-13(21)3-4-14(16(15)22)25-34(31,32)27-6-5-11(20)9-27/h3-4,7-8,11,25H,5-6,9H2,1-2H3/t11-/m1/s1. The lowest BCUT2D eigenvalue weighted by molar-refractivity contribution is 0.343. The molecule has 1 aliphatic heterocycles. The van der Waals surface area contributed by atoms with Crippen LogP contribution in [-0.2, 0) is 27.1 Å². The van der Waals surface area contributed by atoms with E-state index in [9.17, 15) is 30.4 Å². The second-order valence-corrected chi connectivity index (χ2v) is 11.3. The Morgan fingerprint density at radius 3 is 2.50 bits per heavy atom. The van der Waals surface area contributed by atoms with Crippen LogP contribution >= 0.6 is 0 Å². The maximum absolute atomic E-state index is 15.3. The molecule has 1 N–H and O–H groups in total. The molecule has 0 unspecified atom stereocenters. The van der Waals surface area contributed by atoms with Gasteiger partial charge in [-0.2, -0.15) is 17.7 Å². The number of sulfone groups is 1. The summed E-state index contributed by atoms with van der Waals surface area (Å²) >= 11 is 0. The summed E-state index contributed by atoms with van der Waals surface area (Å²) in [6.07, 6.45) is 0.614. The number of pyridine rings is 1. The van der Waals surface area contributed by atoms with Crippen LogP contribution in [0.1, 0.15) is 6.42 Å². The number of anilines is 1. The predicted octanol–water partition coefficient (Wildman–Crippen LogP) is 1.38. The van der Waals surface area contributed by atoms with Gasteiger partial charge in [0.1, 0.15) is 17.6 Å². The molecular weight excluding hydrogens is 499 g/mol. The fraction of sp³-hybridized carbons (Fsp3) is 0.316. The third kappa shape index (κ3) is 4.25. The van der Waals surface area contributed by atoms with Crippen LogP contribution in [0, 0.1) is 11.6 Å². The molecule has 0 radical (unpaired) electrons. The van der Waals surface area contributed by atoms with Crippen LogP contribution in [0.25, 0.3) is 22.2 Å². The topological polar surface area (TPSA) is 131 Å². The van der Waals surface area contributed by atoms with E-state index in [0.717, 1.165) is 39.5 Å². The van der Waals surface area contributed by atoms with Gasteiger partial charge >= 0.3 is 10.2 Å². The van der Waals surface area contributed by atoms with Crippen molar-refractivity contribution in [2.24, 2.45) is 7.05 Å². The number of aromatic nitrogens is 3. The molecule has 0 amide bonds. The fourth-order valence-electron chi connectivity index (χ4n) is 3.58. The van der Waals surface area contributed by atoms with Crippen LogP contribution in [0.15, 0.2) is 34.3 Å². The van der Waals surface area contributed by atoms with Gasteiger partial charge in [-0.1, -0.05) is 0 Å². The van der Waals surface area contributed by atoms with Crippen LogP contribution in [-0.4, -0.2) is 61.2 Å². The molecule has 182 valence electrons. The highest BCUT2D eigenvalue weighted by Gasteiger charge is 2.32. The number of fused-ring (bicyclic) bond motifs is 1. The molecule has 34 heavy (non-hydrogen) atoms. The Bertz CT molecular complexity index is 1590. The highest BCUT2D eigenvalue weighted by molar-refractivity contribution is 7.90. The molecule has 1 aromatic carbocycles. The minimum Gasteiger partial charge on any atom is -0.295 e. The summed E-state index contributed by atoms with van der Waals surface area (Å²) in [6.45, 7) is -0.501. The van der Waals surface area contributed by atoms with Gasteiger partial charge in [0.2, 0.25) is 15.0 Å². The zero-order chi connectivity index (χ0) is 25.0. The number of halogens is 3. The van der Waals surface area contributed by atoms with Crippen molar-refractivity contribution >= 4 is 36.8 Å². The first-order chi connectivity index (χ1) is 15.8. The van der Waals surface area contributed by atoms with Gasteiger partial charge in [-0.15, -0.1) is 0 Å². The van der Waals surface area contributed by atoms with E-state index in [1.165, 1.54) is 7.05 Å². The normalized spacial score (nSPS) is 17.4. The van der Waals surface area contributed by atoms with Gasteiger partial charge in [0.25, 0.3) is 5.56 Å². The minimum atomic E-state index is -4.33. The average molecular weight is 518 g/mol. The van der Waals surface area contributed by atoms with E-state index in [2.05, 4.69) is 9.97 Å². The number of rotatable bonds is 5. The predicted molar refractivity (Wildman–Crippen MR) is 117 cm³/mol. The largest absolute Gasteiger partial charge is 0.301 e. The maximum Gasteiger partial charge on any atom is 0.301 e. The zero-order valence-electron chi connectivity index (χ0n) is 17.8. The van der Waals surface area contributed by atoms with Crippen molar-refractivity contribution < 1.29 is 30.0 Å². The van der Waals surface area contributed by atoms with E-state index in [1.807, 2.05) is 4.72 Å². The molecule has 4 rings (SSSR count). The van der Waals surface area contributed by atoms with Gasteiger partial charge in [-0.25, -0.2) is 26.6 Å². The van der Waals surface area contributed by atoms with Crippen molar-refractivity contribution in [3.05, 3.63) is 46.4 Å². The van der Waals surface area contributed by atoms with E-state index in [1.54, 1.807) is 0 Å². The van der Waals surface area contributed by atoms with Gasteiger partial charge < -0.3 is 0 Å². The van der Waals surface area contributed by atoms with Crippen LogP contribution in [0.4, 0.5) is 18.9 Å². The third-order valence-corrected chi connectivity index (χ3v) is 7.64. The second-order valence-electron chi connectivity index (χ2n) is 7.76. The Balaban J connectivity index is 1.84. The van der Waals surface area contributed by atoms with Gasteiger partial charge in [-0.3, -0.25) is 14.1 Å². The van der Waals surface area contributed by atoms with Gasteiger partial charge in [0.15, 0.2) is 5.82 Å². The first kappa shape index (κ1) is 24.1. The summed E-state index contributed by atoms with van der Waals surface area (Å²) in [6, 6.07) is 2.71. The maximum atomic E-state index is 15.3. The Morgan fingerprint density at radius 2 is 1.88 bits per heavy atom. The summed E-state index contributed by atoms with van der Waals surface area (Å²) in [7, 11) is -6.88. The lowest BCUT2D eigenvalue weighted by Gasteiger charge is -2.18. The zero-order valence-corrected chi connectivity index (χ0v) is 19.4. The second kappa shape index (κ2) is 8.32. The molecule has 2 aromatic heterocycles. The number of nitrogens with zero attached hydrogens (tertiary/aromatic N) is 4. The van der Waals surface area contributed by atoms with Crippen molar-refractivity contribution in [3.63, 3.8) is 0 Å². The molecule has 1 atom stereocenters. The number of benzene rings is 1. The molecule has 0 saturated carbocycles. The molecule has 1 fully saturated rings. The van der Waals surface area contributed by atoms with Gasteiger partial charge in [-0.05, 0) is 24.6 Å². The number of hydrogen-bond acceptors (Lipinski definition) is 7. The number of alkyl halides is 1. The Labute approximate surface area is 192 Å². The Hall–Kier alpha value is -3.04. The molecule has 3 heterocycles. The summed E-state index contributed by atoms with van der Waals surface area (Å²) in [5, 5.41) is -0.422. The highest BCUT2D eigenvalue weighted by Crippen LogP contribution is 2.31. The quantitative estimate of drug-likeness (QED) is 0.506. The third-order valence-electron chi connectivity index (χ3n) is 5.29. The highest BCUT2D eigenvalue weighted by atomic mass is 32.2. The number of nitrogens with one attached hydrogen (secondary N) is 1. The van der Waals surface area contributed by atoms with E-state index in [4.69, 9.17) is 0 Å². The van der Waals surface area contributed by atoms with E-state index < -0.39 is 71.9 Å². The van der Waals surface area contributed by atoms with E-state index in [0.29, 0.717) is 0 Å². The van der Waals surface area contributed by atoms with Crippen molar-refractivity contribution in [1.82, 2.24) is 18.8 Å². The molecule has 0 spiro atoms. The van der Waals surface area contributed by atoms with Gasteiger partial charge in [0, 0.05) is 38.0 Å². The number of aryl methyl sites for hydroxylation is 1. The first-order valence-corrected chi connectivity index (χ1v) is 13.1. The van der Waals surface area contributed by atoms with E-state index in [-0.39, 0.29) is 24.0 Å². The average Bonchev–Trinajstić information content (AvgIpc) is 3.20. The number of hydrogen-bond donors (Lipinski definition) is 1. The molecular formula is C19H18F3N5O5S2. The van der Waals surface area contributed by atoms with Crippen molar-refractivity contribution in [2.45, 2.75) is 17.7 Å². The van der Waals surface area contributed by atoms with Crippen LogP contribution in [0.5, 0.6) is 0 Å². The van der Waals surface area contributed by atoms with Crippen molar-refractivity contribution in [2.75, 3.05) is 24.1 Å². The summed E-state index contributed by atoms with van der Waals surface area (Å²) in [4.78, 5) is 20.5.